The summed E-state index contributed by atoms with van der Waals surface area (Å²) in [7, 11) is 0. The summed E-state index contributed by atoms with van der Waals surface area (Å²) in [5.74, 6) is -1.39. The second-order valence-electron chi connectivity index (χ2n) is 5.07. The summed E-state index contributed by atoms with van der Waals surface area (Å²) in [4.78, 5) is 12.7. The van der Waals surface area contributed by atoms with Crippen molar-refractivity contribution in [3.63, 3.8) is 0 Å². The molecule has 0 atom stereocenters. The number of carbonyl (C=O) groups is 1. The van der Waals surface area contributed by atoms with Crippen LogP contribution < -0.4 is 0 Å². The molecule has 0 aliphatic heterocycles. The van der Waals surface area contributed by atoms with E-state index in [0.717, 1.165) is 46.6 Å². The molecule has 2 N–H and O–H groups in total. The van der Waals surface area contributed by atoms with Crippen molar-refractivity contribution in [2.75, 3.05) is 0 Å². The molecule has 1 heterocycles. The van der Waals surface area contributed by atoms with Crippen LogP contribution in [0.25, 0.3) is 10.4 Å². The minimum atomic E-state index is -1.15. The molecule has 21 heavy (non-hydrogen) atoms. The lowest BCUT2D eigenvalue weighted by molar-refractivity contribution is 0.0694. The van der Waals surface area contributed by atoms with E-state index in [-0.39, 0.29) is 11.3 Å². The van der Waals surface area contributed by atoms with Crippen molar-refractivity contribution in [2.24, 2.45) is 0 Å². The Labute approximate surface area is 125 Å². The fourth-order valence-electron chi connectivity index (χ4n) is 2.81. The summed E-state index contributed by atoms with van der Waals surface area (Å²) in [6, 6.07) is 6.84. The van der Waals surface area contributed by atoms with Crippen LogP contribution in [0.15, 0.2) is 18.2 Å². The SMILES string of the molecule is N#Cc1sc(-c2ccc(C(=O)O)c(O)c2)c2c1CCCC2. The quantitative estimate of drug-likeness (QED) is 0.888. The average Bonchev–Trinajstić information content (AvgIpc) is 2.85. The van der Waals surface area contributed by atoms with Gasteiger partial charge in [-0.05, 0) is 54.5 Å². The number of aromatic hydroxyl groups is 1. The van der Waals surface area contributed by atoms with Gasteiger partial charge in [-0.15, -0.1) is 11.3 Å². The first-order valence-electron chi connectivity index (χ1n) is 6.73. The smallest absolute Gasteiger partial charge is 0.339 e. The van der Waals surface area contributed by atoms with E-state index in [4.69, 9.17) is 5.11 Å². The van der Waals surface area contributed by atoms with Gasteiger partial charge in [0.2, 0.25) is 0 Å². The number of rotatable bonds is 2. The standard InChI is InChI=1S/C16H13NO3S/c17-8-14-10-3-1-2-4-11(10)15(21-14)9-5-6-12(16(19)20)13(18)7-9/h5-7,18H,1-4H2,(H,19,20). The molecule has 5 heteroatoms. The highest BCUT2D eigenvalue weighted by Crippen LogP contribution is 2.41. The van der Waals surface area contributed by atoms with Crippen molar-refractivity contribution in [3.8, 4) is 22.3 Å². The van der Waals surface area contributed by atoms with Gasteiger partial charge in [0.05, 0.1) is 0 Å². The highest BCUT2D eigenvalue weighted by atomic mass is 32.1. The normalized spacial score (nSPS) is 13.5. The van der Waals surface area contributed by atoms with Crippen LogP contribution in [0.3, 0.4) is 0 Å². The van der Waals surface area contributed by atoms with Crippen LogP contribution in [0.5, 0.6) is 5.75 Å². The first-order valence-corrected chi connectivity index (χ1v) is 7.54. The Hall–Kier alpha value is -2.32. The number of benzene rings is 1. The fourth-order valence-corrected chi connectivity index (χ4v) is 4.00. The largest absolute Gasteiger partial charge is 0.507 e. The van der Waals surface area contributed by atoms with Crippen molar-refractivity contribution in [2.45, 2.75) is 25.7 Å². The summed E-state index contributed by atoms with van der Waals surface area (Å²) < 4.78 is 0. The minimum Gasteiger partial charge on any atom is -0.507 e. The third-order valence-electron chi connectivity index (χ3n) is 3.81. The Morgan fingerprint density at radius 2 is 1.95 bits per heavy atom. The first kappa shape index (κ1) is 13.7. The Morgan fingerprint density at radius 1 is 1.24 bits per heavy atom. The molecule has 4 nitrogen and oxygen atoms in total. The van der Waals surface area contributed by atoms with Crippen molar-refractivity contribution >= 4 is 17.3 Å². The van der Waals surface area contributed by atoms with Crippen LogP contribution in [0.4, 0.5) is 0 Å². The summed E-state index contributed by atoms with van der Waals surface area (Å²) in [6.07, 6.45) is 4.06. The Balaban J connectivity index is 2.13. The maximum absolute atomic E-state index is 11.0. The zero-order chi connectivity index (χ0) is 15.0. The molecule has 0 bridgehead atoms. The molecule has 106 valence electrons. The van der Waals surface area contributed by atoms with E-state index in [2.05, 4.69) is 6.07 Å². The van der Waals surface area contributed by atoms with Gasteiger partial charge >= 0.3 is 5.97 Å². The highest BCUT2D eigenvalue weighted by molar-refractivity contribution is 7.16. The Morgan fingerprint density at radius 3 is 2.57 bits per heavy atom. The first-order chi connectivity index (χ1) is 10.1. The number of nitriles is 1. The van der Waals surface area contributed by atoms with Gasteiger partial charge in [-0.25, -0.2) is 4.79 Å². The number of nitrogens with zero attached hydrogens (tertiary/aromatic N) is 1. The predicted molar refractivity (Wildman–Crippen MR) is 79.7 cm³/mol. The number of hydrogen-bond acceptors (Lipinski definition) is 4. The van der Waals surface area contributed by atoms with Gasteiger partial charge in [0.25, 0.3) is 0 Å². The number of carboxylic acids is 1. The van der Waals surface area contributed by atoms with Crippen molar-refractivity contribution < 1.29 is 15.0 Å². The molecule has 0 radical (unpaired) electrons. The summed E-state index contributed by atoms with van der Waals surface area (Å²) in [6.45, 7) is 0. The number of aromatic carboxylic acids is 1. The van der Waals surface area contributed by atoms with Gasteiger partial charge in [0.1, 0.15) is 22.3 Å². The summed E-state index contributed by atoms with van der Waals surface area (Å²) >= 11 is 1.43. The summed E-state index contributed by atoms with van der Waals surface area (Å²) in [5.41, 5.74) is 2.99. The Kier molecular flexibility index (Phi) is 3.40. The predicted octanol–water partition coefficient (Wildman–Crippen LogP) is 3.57. The van der Waals surface area contributed by atoms with Crippen LogP contribution in [0.2, 0.25) is 0 Å². The number of thiophene rings is 1. The maximum Gasteiger partial charge on any atom is 0.339 e. The highest BCUT2D eigenvalue weighted by Gasteiger charge is 2.22. The second-order valence-corrected chi connectivity index (χ2v) is 6.09. The van der Waals surface area contributed by atoms with Crippen molar-refractivity contribution in [3.05, 3.63) is 39.8 Å². The molecule has 1 aromatic carbocycles. The number of carboxylic acid groups (broad SMARTS) is 1. The zero-order valence-corrected chi connectivity index (χ0v) is 12.0. The topological polar surface area (TPSA) is 81.3 Å². The molecule has 1 aliphatic rings. The lowest BCUT2D eigenvalue weighted by Gasteiger charge is -2.13. The molecule has 0 spiro atoms. The third kappa shape index (κ3) is 2.28. The van der Waals surface area contributed by atoms with Crippen molar-refractivity contribution in [1.82, 2.24) is 0 Å². The molecule has 0 saturated carbocycles. The molecule has 0 amide bonds. The van der Waals surface area contributed by atoms with E-state index in [1.54, 1.807) is 6.07 Å². The average molecular weight is 299 g/mol. The van der Waals surface area contributed by atoms with Crippen molar-refractivity contribution in [1.29, 1.82) is 5.26 Å². The molecule has 2 aromatic rings. The van der Waals surface area contributed by atoms with Crippen LogP contribution in [0.1, 0.15) is 39.2 Å². The third-order valence-corrected chi connectivity index (χ3v) is 5.04. The second kappa shape index (κ2) is 5.23. The number of phenols is 1. The van der Waals surface area contributed by atoms with Gasteiger partial charge in [-0.1, -0.05) is 6.07 Å². The van der Waals surface area contributed by atoms with E-state index in [1.807, 2.05) is 0 Å². The molecule has 0 unspecified atom stereocenters. The van der Waals surface area contributed by atoms with Crippen LogP contribution >= 0.6 is 11.3 Å². The molecule has 0 saturated heterocycles. The van der Waals surface area contributed by atoms with Crippen LogP contribution in [-0.2, 0) is 12.8 Å². The van der Waals surface area contributed by atoms with Gasteiger partial charge in [0, 0.05) is 4.88 Å². The minimum absolute atomic E-state index is 0.107. The maximum atomic E-state index is 11.0. The van der Waals surface area contributed by atoms with Gasteiger partial charge in [0.15, 0.2) is 0 Å². The fraction of sp³-hybridized carbons (Fsp3) is 0.250. The number of fused-ring (bicyclic) bond motifs is 1. The molecule has 1 aliphatic carbocycles. The zero-order valence-electron chi connectivity index (χ0n) is 11.2. The molecule has 3 rings (SSSR count). The lowest BCUT2D eigenvalue weighted by Crippen LogP contribution is -2.01. The Bertz CT molecular complexity index is 771. The lowest BCUT2D eigenvalue weighted by atomic mass is 9.90. The molecule has 1 aromatic heterocycles. The van der Waals surface area contributed by atoms with E-state index in [0.29, 0.717) is 0 Å². The number of hydrogen-bond donors (Lipinski definition) is 2. The van der Waals surface area contributed by atoms with E-state index in [1.165, 1.54) is 29.0 Å². The van der Waals surface area contributed by atoms with E-state index < -0.39 is 5.97 Å². The van der Waals surface area contributed by atoms with E-state index in [9.17, 15) is 15.2 Å². The molecule has 0 fully saturated rings. The van der Waals surface area contributed by atoms with Gasteiger partial charge in [-0.3, -0.25) is 0 Å². The summed E-state index contributed by atoms with van der Waals surface area (Å²) in [5, 5.41) is 28.1. The van der Waals surface area contributed by atoms with Gasteiger partial charge in [-0.2, -0.15) is 5.26 Å². The van der Waals surface area contributed by atoms with Gasteiger partial charge < -0.3 is 10.2 Å². The molecular weight excluding hydrogens is 286 g/mol. The van der Waals surface area contributed by atoms with Crippen LogP contribution in [0, 0.1) is 11.3 Å². The monoisotopic (exact) mass is 299 g/mol. The van der Waals surface area contributed by atoms with Crippen LogP contribution in [-0.4, -0.2) is 16.2 Å². The molecular formula is C16H13NO3S. The van der Waals surface area contributed by atoms with E-state index >= 15 is 0 Å².